The summed E-state index contributed by atoms with van der Waals surface area (Å²) in [4.78, 5) is 28.8. The highest BCUT2D eigenvalue weighted by Crippen LogP contribution is 2.38. The summed E-state index contributed by atoms with van der Waals surface area (Å²) in [5.41, 5.74) is 3.54. The van der Waals surface area contributed by atoms with Gasteiger partial charge in [-0.05, 0) is 79.6 Å². The number of rotatable bonds is 5. The van der Waals surface area contributed by atoms with Crippen LogP contribution < -0.4 is 10.9 Å². The van der Waals surface area contributed by atoms with Gasteiger partial charge in [-0.3, -0.25) is 9.59 Å². The highest BCUT2D eigenvalue weighted by Gasteiger charge is 2.27. The molecule has 0 radical (unpaired) electrons. The zero-order valence-corrected chi connectivity index (χ0v) is 22.7. The van der Waals surface area contributed by atoms with E-state index in [4.69, 9.17) is 11.6 Å². The number of anilines is 1. The highest BCUT2D eigenvalue weighted by atomic mass is 35.5. The van der Waals surface area contributed by atoms with Crippen LogP contribution in [0.15, 0.2) is 58.5 Å². The zero-order valence-electron chi connectivity index (χ0n) is 20.3. The van der Waals surface area contributed by atoms with Crippen molar-refractivity contribution in [2.45, 2.75) is 38.3 Å². The Morgan fingerprint density at radius 3 is 2.81 bits per heavy atom. The van der Waals surface area contributed by atoms with Crippen LogP contribution in [0.1, 0.15) is 29.3 Å². The maximum atomic E-state index is 14.0. The second-order valence-electron chi connectivity index (χ2n) is 9.47. The molecule has 10 heteroatoms. The van der Waals surface area contributed by atoms with Crippen LogP contribution in [0, 0.1) is 12.8 Å². The molecule has 0 bridgehead atoms. The number of benzene rings is 2. The van der Waals surface area contributed by atoms with Gasteiger partial charge in [0.15, 0.2) is 5.16 Å². The van der Waals surface area contributed by atoms with E-state index >= 15 is 0 Å². The van der Waals surface area contributed by atoms with Crippen LogP contribution in [0.3, 0.4) is 0 Å². The second-order valence-corrected chi connectivity index (χ2v) is 11.9. The topological polar surface area (TPSA) is 81.3 Å². The van der Waals surface area contributed by atoms with Crippen molar-refractivity contribution < 1.29 is 4.79 Å². The number of thiophene rings is 1. The number of aryl methyl sites for hydroxylation is 2. The molecule has 0 unspecified atom stereocenters. The lowest BCUT2D eigenvalue weighted by atomic mass is 9.89. The predicted molar refractivity (Wildman–Crippen MR) is 151 cm³/mol. The number of aromatic nitrogens is 4. The standard InChI is InChI=1S/C27H24ClN5O2S2/c1-15-4-3-5-18(12-15)29-22(34)14-36-27-31-30-26-32(19-9-7-17(28)8-10-19)24(35)23-20-13-16(2)6-11-21(20)37-25(23)33(26)27/h3-5,7-10,12,16H,6,11,13-14H2,1-2H3,(H,29,34)/t16-/m1/s1. The van der Waals surface area contributed by atoms with Crippen molar-refractivity contribution in [1.82, 2.24) is 19.2 Å². The lowest BCUT2D eigenvalue weighted by Gasteiger charge is -2.18. The number of nitrogens with zero attached hydrogens (tertiary/aromatic N) is 4. The average Bonchev–Trinajstić information content (AvgIpc) is 3.45. The van der Waals surface area contributed by atoms with E-state index in [1.165, 1.54) is 16.6 Å². The van der Waals surface area contributed by atoms with E-state index in [0.717, 1.165) is 46.3 Å². The van der Waals surface area contributed by atoms with Gasteiger partial charge >= 0.3 is 0 Å². The molecule has 0 aliphatic heterocycles. The van der Waals surface area contributed by atoms with Gasteiger partial charge in [0.05, 0.1) is 16.8 Å². The molecule has 0 saturated heterocycles. The van der Waals surface area contributed by atoms with Crippen molar-refractivity contribution in [2.24, 2.45) is 5.92 Å². The van der Waals surface area contributed by atoms with Gasteiger partial charge in [0.1, 0.15) is 4.83 Å². The van der Waals surface area contributed by atoms with Crippen LogP contribution in [0.25, 0.3) is 21.7 Å². The molecule has 2 aromatic carbocycles. The maximum absolute atomic E-state index is 14.0. The minimum absolute atomic E-state index is 0.0995. The van der Waals surface area contributed by atoms with Gasteiger partial charge in [0.2, 0.25) is 11.7 Å². The third-order valence-electron chi connectivity index (χ3n) is 6.64. The number of nitrogens with one attached hydrogen (secondary N) is 1. The monoisotopic (exact) mass is 549 g/mol. The summed E-state index contributed by atoms with van der Waals surface area (Å²) >= 11 is 9.08. The Morgan fingerprint density at radius 2 is 2.03 bits per heavy atom. The molecule has 5 aromatic rings. The average molecular weight is 550 g/mol. The molecule has 0 saturated carbocycles. The first-order chi connectivity index (χ1) is 17.9. The quantitative estimate of drug-likeness (QED) is 0.275. The molecular formula is C27H24ClN5O2S2. The molecule has 3 heterocycles. The summed E-state index contributed by atoms with van der Waals surface area (Å²) in [7, 11) is 0. The van der Waals surface area contributed by atoms with Crippen LogP contribution in [0.2, 0.25) is 5.02 Å². The normalized spacial score (nSPS) is 15.3. The Balaban J connectivity index is 1.46. The molecule has 6 rings (SSSR count). The summed E-state index contributed by atoms with van der Waals surface area (Å²) in [5.74, 6) is 0.977. The summed E-state index contributed by atoms with van der Waals surface area (Å²) in [5, 5.41) is 13.7. The van der Waals surface area contributed by atoms with Gasteiger partial charge in [0, 0.05) is 15.6 Å². The van der Waals surface area contributed by atoms with Crippen molar-refractivity contribution >= 4 is 62.3 Å². The van der Waals surface area contributed by atoms with E-state index < -0.39 is 0 Å². The molecule has 188 valence electrons. The number of carbonyl (C=O) groups is 1. The molecule has 1 aliphatic carbocycles. The first-order valence-corrected chi connectivity index (χ1v) is 14.3. The van der Waals surface area contributed by atoms with Crippen molar-refractivity contribution in [2.75, 3.05) is 11.1 Å². The lowest BCUT2D eigenvalue weighted by molar-refractivity contribution is -0.113. The van der Waals surface area contributed by atoms with Crippen molar-refractivity contribution in [3.8, 4) is 5.69 Å². The molecule has 0 spiro atoms. The van der Waals surface area contributed by atoms with Crippen LogP contribution in [-0.2, 0) is 17.6 Å². The van der Waals surface area contributed by atoms with Crippen LogP contribution >= 0.6 is 34.7 Å². The number of thioether (sulfide) groups is 1. The fourth-order valence-corrected chi connectivity index (χ4v) is 7.13. The number of amides is 1. The second kappa shape index (κ2) is 9.63. The third kappa shape index (κ3) is 4.45. The molecule has 1 atom stereocenters. The van der Waals surface area contributed by atoms with Crippen molar-refractivity contribution in [1.29, 1.82) is 0 Å². The van der Waals surface area contributed by atoms with Crippen LogP contribution in [0.4, 0.5) is 5.69 Å². The Kier molecular flexibility index (Phi) is 6.30. The fourth-order valence-electron chi connectivity index (χ4n) is 4.88. The lowest BCUT2D eigenvalue weighted by Crippen LogP contribution is -2.23. The zero-order chi connectivity index (χ0) is 25.7. The number of hydrogen-bond donors (Lipinski definition) is 1. The first-order valence-electron chi connectivity index (χ1n) is 12.1. The Hall–Kier alpha value is -3.14. The van der Waals surface area contributed by atoms with Gasteiger partial charge in [-0.15, -0.1) is 21.5 Å². The molecule has 7 nitrogen and oxygen atoms in total. The van der Waals surface area contributed by atoms with Gasteiger partial charge < -0.3 is 5.32 Å². The maximum Gasteiger partial charge on any atom is 0.268 e. The Bertz CT molecular complexity index is 1720. The molecule has 3 aromatic heterocycles. The third-order valence-corrected chi connectivity index (χ3v) is 9.10. The minimum atomic E-state index is -0.131. The van der Waals surface area contributed by atoms with E-state index in [9.17, 15) is 9.59 Å². The predicted octanol–water partition coefficient (Wildman–Crippen LogP) is 5.91. The van der Waals surface area contributed by atoms with Crippen molar-refractivity contribution in [3.05, 3.63) is 79.9 Å². The van der Waals surface area contributed by atoms with E-state index in [2.05, 4.69) is 22.4 Å². The number of carbonyl (C=O) groups excluding carboxylic acids is 1. The summed E-state index contributed by atoms with van der Waals surface area (Å²) < 4.78 is 3.54. The van der Waals surface area contributed by atoms with E-state index in [1.807, 2.05) is 47.7 Å². The fraction of sp³-hybridized carbons (Fsp3) is 0.259. The van der Waals surface area contributed by atoms with Gasteiger partial charge in [-0.2, -0.15) is 0 Å². The van der Waals surface area contributed by atoms with Gasteiger partial charge in [-0.1, -0.05) is 42.4 Å². The smallest absolute Gasteiger partial charge is 0.268 e. The minimum Gasteiger partial charge on any atom is -0.325 e. The molecule has 0 fully saturated rings. The molecule has 1 N–H and O–H groups in total. The molecule has 37 heavy (non-hydrogen) atoms. The molecule has 1 amide bonds. The highest BCUT2D eigenvalue weighted by molar-refractivity contribution is 7.99. The number of halogens is 1. The van der Waals surface area contributed by atoms with Gasteiger partial charge in [0.25, 0.3) is 5.56 Å². The summed E-state index contributed by atoms with van der Waals surface area (Å²) in [6.45, 7) is 4.22. The van der Waals surface area contributed by atoms with E-state index in [0.29, 0.717) is 27.6 Å². The number of fused-ring (bicyclic) bond motifs is 5. The van der Waals surface area contributed by atoms with E-state index in [1.54, 1.807) is 28.0 Å². The van der Waals surface area contributed by atoms with E-state index in [-0.39, 0.29) is 17.2 Å². The summed E-state index contributed by atoms with van der Waals surface area (Å²) in [6, 6.07) is 14.8. The van der Waals surface area contributed by atoms with Crippen molar-refractivity contribution in [3.63, 3.8) is 0 Å². The van der Waals surface area contributed by atoms with Crippen LogP contribution in [0.5, 0.6) is 0 Å². The molecular weight excluding hydrogens is 526 g/mol. The van der Waals surface area contributed by atoms with Crippen LogP contribution in [-0.4, -0.2) is 30.8 Å². The molecule has 1 aliphatic rings. The largest absolute Gasteiger partial charge is 0.325 e. The Labute approximate surface area is 226 Å². The van der Waals surface area contributed by atoms with Gasteiger partial charge in [-0.25, -0.2) is 8.97 Å². The SMILES string of the molecule is Cc1cccc(NC(=O)CSc2nnc3n(-c4ccc(Cl)cc4)c(=O)c4c5c(sc4n23)CC[C@@H](C)C5)c1. The Morgan fingerprint density at radius 1 is 1.22 bits per heavy atom. The first kappa shape index (κ1) is 24.2. The summed E-state index contributed by atoms with van der Waals surface area (Å²) in [6.07, 6.45) is 2.94. The number of hydrogen-bond acceptors (Lipinski definition) is 6.